The van der Waals surface area contributed by atoms with Crippen LogP contribution in [0, 0.1) is 0 Å². The van der Waals surface area contributed by atoms with Gasteiger partial charge in [0.2, 0.25) is 0 Å². The molecule has 0 radical (unpaired) electrons. The number of hydrogen-bond donors (Lipinski definition) is 1. The lowest BCUT2D eigenvalue weighted by atomic mass is 10.2. The zero-order valence-corrected chi connectivity index (χ0v) is 9.36. The first-order valence-corrected chi connectivity index (χ1v) is 4.89. The number of nitrogens with zero attached hydrogens (tertiary/aromatic N) is 2. The van der Waals surface area contributed by atoms with E-state index in [9.17, 15) is 4.79 Å². The van der Waals surface area contributed by atoms with Crippen LogP contribution >= 0.6 is 0 Å². The van der Waals surface area contributed by atoms with Gasteiger partial charge in [0.05, 0.1) is 19.7 Å². The zero-order valence-electron chi connectivity index (χ0n) is 9.36. The van der Waals surface area contributed by atoms with Crippen molar-refractivity contribution in [1.82, 2.24) is 15.1 Å². The summed E-state index contributed by atoms with van der Waals surface area (Å²) >= 11 is 0. The molecule has 0 aliphatic heterocycles. The van der Waals surface area contributed by atoms with Crippen molar-refractivity contribution in [2.45, 2.75) is 25.9 Å². The molecule has 84 valence electrons. The Balaban J connectivity index is 2.28. The van der Waals surface area contributed by atoms with Crippen LogP contribution in [0.3, 0.4) is 0 Å². The fraction of sp³-hybridized carbons (Fsp3) is 0.600. The molecule has 0 saturated heterocycles. The van der Waals surface area contributed by atoms with Gasteiger partial charge in [0.1, 0.15) is 0 Å². The molecule has 15 heavy (non-hydrogen) atoms. The van der Waals surface area contributed by atoms with E-state index >= 15 is 0 Å². The summed E-state index contributed by atoms with van der Waals surface area (Å²) in [5.74, 6) is -0.193. The van der Waals surface area contributed by atoms with E-state index in [4.69, 9.17) is 0 Å². The van der Waals surface area contributed by atoms with Crippen LogP contribution in [-0.4, -0.2) is 28.9 Å². The molecular formula is C10H17N3O2. The molecule has 1 rings (SSSR count). The van der Waals surface area contributed by atoms with Gasteiger partial charge in [-0.1, -0.05) is 0 Å². The highest BCUT2D eigenvalue weighted by molar-refractivity contribution is 5.69. The minimum Gasteiger partial charge on any atom is -0.469 e. The molecule has 1 aromatic heterocycles. The minimum absolute atomic E-state index is 0.109. The van der Waals surface area contributed by atoms with Gasteiger partial charge in [-0.2, -0.15) is 5.10 Å². The van der Waals surface area contributed by atoms with Crippen molar-refractivity contribution in [3.05, 3.63) is 18.0 Å². The number of carbonyl (C=O) groups is 1. The van der Waals surface area contributed by atoms with E-state index in [-0.39, 0.29) is 12.0 Å². The Labute approximate surface area is 89.4 Å². The summed E-state index contributed by atoms with van der Waals surface area (Å²) in [6, 6.07) is 0.109. The fourth-order valence-corrected chi connectivity index (χ4v) is 1.26. The van der Waals surface area contributed by atoms with E-state index in [1.165, 1.54) is 7.11 Å². The fourth-order valence-electron chi connectivity index (χ4n) is 1.26. The Hall–Kier alpha value is -1.36. The second-order valence-corrected chi connectivity index (χ2v) is 3.58. The molecule has 1 heterocycles. The maximum absolute atomic E-state index is 11.0. The molecule has 1 aromatic rings. The van der Waals surface area contributed by atoms with Crippen LogP contribution in [0.4, 0.5) is 0 Å². The Kier molecular flexibility index (Phi) is 4.30. The molecule has 1 unspecified atom stereocenters. The normalized spacial score (nSPS) is 12.5. The summed E-state index contributed by atoms with van der Waals surface area (Å²) in [6.45, 7) is 2.67. The molecule has 0 bridgehead atoms. The van der Waals surface area contributed by atoms with Gasteiger partial charge in [-0.15, -0.1) is 0 Å². The zero-order chi connectivity index (χ0) is 11.3. The molecule has 5 nitrogen and oxygen atoms in total. The lowest BCUT2D eigenvalue weighted by Crippen LogP contribution is -2.28. The topological polar surface area (TPSA) is 56.1 Å². The molecule has 0 amide bonds. The van der Waals surface area contributed by atoms with Gasteiger partial charge < -0.3 is 10.1 Å². The van der Waals surface area contributed by atoms with Crippen LogP contribution in [0.5, 0.6) is 0 Å². The summed E-state index contributed by atoms with van der Waals surface area (Å²) in [7, 11) is 3.28. The second-order valence-electron chi connectivity index (χ2n) is 3.58. The van der Waals surface area contributed by atoms with E-state index in [1.807, 2.05) is 20.2 Å². The molecule has 0 aliphatic rings. The van der Waals surface area contributed by atoms with Crippen LogP contribution in [0.2, 0.25) is 0 Å². The summed E-state index contributed by atoms with van der Waals surface area (Å²) in [4.78, 5) is 11.0. The van der Waals surface area contributed by atoms with Gasteiger partial charge in [-0.3, -0.25) is 9.48 Å². The first-order chi connectivity index (χ1) is 7.11. The number of aromatic nitrogens is 2. The molecule has 0 aromatic carbocycles. The van der Waals surface area contributed by atoms with Crippen molar-refractivity contribution in [1.29, 1.82) is 0 Å². The van der Waals surface area contributed by atoms with Crippen molar-refractivity contribution < 1.29 is 9.53 Å². The van der Waals surface area contributed by atoms with E-state index in [0.29, 0.717) is 13.0 Å². The van der Waals surface area contributed by atoms with E-state index < -0.39 is 0 Å². The lowest BCUT2D eigenvalue weighted by Gasteiger charge is -2.11. The number of aryl methyl sites for hydroxylation is 1. The first-order valence-electron chi connectivity index (χ1n) is 4.89. The van der Waals surface area contributed by atoms with E-state index in [2.05, 4.69) is 15.2 Å². The number of hydrogen-bond acceptors (Lipinski definition) is 4. The van der Waals surface area contributed by atoms with Gasteiger partial charge >= 0.3 is 5.97 Å². The first kappa shape index (κ1) is 11.7. The maximum Gasteiger partial charge on any atom is 0.307 e. The summed E-state index contributed by atoms with van der Waals surface area (Å²) in [5, 5.41) is 7.28. The standard InChI is InChI=1S/C10H17N3O2/c1-8(4-10(14)15-3)11-5-9-6-12-13(2)7-9/h6-8,11H,4-5H2,1-3H3. The van der Waals surface area contributed by atoms with E-state index in [0.717, 1.165) is 5.56 Å². The summed E-state index contributed by atoms with van der Waals surface area (Å²) in [6.07, 6.45) is 4.13. The van der Waals surface area contributed by atoms with Gasteiger partial charge in [-0.05, 0) is 6.92 Å². The van der Waals surface area contributed by atoms with Crippen molar-refractivity contribution in [3.8, 4) is 0 Å². The van der Waals surface area contributed by atoms with Crippen LogP contribution < -0.4 is 5.32 Å². The Bertz CT molecular complexity index is 322. The molecule has 1 N–H and O–H groups in total. The molecule has 0 fully saturated rings. The molecule has 0 aliphatic carbocycles. The highest BCUT2D eigenvalue weighted by atomic mass is 16.5. The number of rotatable bonds is 5. The Morgan fingerprint density at radius 2 is 2.47 bits per heavy atom. The third-order valence-corrected chi connectivity index (χ3v) is 2.11. The lowest BCUT2D eigenvalue weighted by molar-refractivity contribution is -0.141. The molecule has 0 saturated carbocycles. The predicted octanol–water partition coefficient (Wildman–Crippen LogP) is 0.461. The number of nitrogens with one attached hydrogen (secondary N) is 1. The minimum atomic E-state index is -0.193. The maximum atomic E-state index is 11.0. The van der Waals surface area contributed by atoms with Crippen molar-refractivity contribution in [3.63, 3.8) is 0 Å². The summed E-state index contributed by atoms with van der Waals surface area (Å²) < 4.78 is 6.33. The van der Waals surface area contributed by atoms with Gasteiger partial charge in [0.15, 0.2) is 0 Å². The van der Waals surface area contributed by atoms with Crippen molar-refractivity contribution in [2.75, 3.05) is 7.11 Å². The smallest absolute Gasteiger partial charge is 0.307 e. The number of methoxy groups -OCH3 is 1. The van der Waals surface area contributed by atoms with Crippen LogP contribution in [-0.2, 0) is 23.1 Å². The van der Waals surface area contributed by atoms with Crippen LogP contribution in [0.1, 0.15) is 18.9 Å². The monoisotopic (exact) mass is 211 g/mol. The third-order valence-electron chi connectivity index (χ3n) is 2.11. The van der Waals surface area contributed by atoms with Crippen molar-refractivity contribution in [2.24, 2.45) is 7.05 Å². The quantitative estimate of drug-likeness (QED) is 0.719. The predicted molar refractivity (Wildman–Crippen MR) is 56.1 cm³/mol. The summed E-state index contributed by atoms with van der Waals surface area (Å²) in [5.41, 5.74) is 1.11. The van der Waals surface area contributed by atoms with Crippen LogP contribution in [0.25, 0.3) is 0 Å². The van der Waals surface area contributed by atoms with E-state index in [1.54, 1.807) is 10.9 Å². The second kappa shape index (κ2) is 5.50. The molecule has 1 atom stereocenters. The average molecular weight is 211 g/mol. The molecule has 0 spiro atoms. The highest BCUT2D eigenvalue weighted by Gasteiger charge is 2.08. The number of carbonyl (C=O) groups excluding carboxylic acids is 1. The Morgan fingerprint density at radius 3 is 3.00 bits per heavy atom. The number of esters is 1. The average Bonchev–Trinajstić information content (AvgIpc) is 2.61. The number of ether oxygens (including phenoxy) is 1. The van der Waals surface area contributed by atoms with Crippen LogP contribution in [0.15, 0.2) is 12.4 Å². The van der Waals surface area contributed by atoms with Gasteiger partial charge in [0, 0.05) is 31.4 Å². The third kappa shape index (κ3) is 4.12. The molecular weight excluding hydrogens is 194 g/mol. The highest BCUT2D eigenvalue weighted by Crippen LogP contribution is 1.98. The Morgan fingerprint density at radius 1 is 1.73 bits per heavy atom. The largest absolute Gasteiger partial charge is 0.469 e. The SMILES string of the molecule is COC(=O)CC(C)NCc1cnn(C)c1. The van der Waals surface area contributed by atoms with Gasteiger partial charge in [0.25, 0.3) is 0 Å². The van der Waals surface area contributed by atoms with Gasteiger partial charge in [-0.25, -0.2) is 0 Å². The molecule has 5 heteroatoms. The van der Waals surface area contributed by atoms with Crippen molar-refractivity contribution >= 4 is 5.97 Å².